The molecule has 0 unspecified atom stereocenters. The summed E-state index contributed by atoms with van der Waals surface area (Å²) in [5.74, 6) is 0.139. The highest BCUT2D eigenvalue weighted by Crippen LogP contribution is 2.38. The lowest BCUT2D eigenvalue weighted by molar-refractivity contribution is -0.118. The molecular formula is C8H7ClN2O3. The lowest BCUT2D eigenvalue weighted by Gasteiger charge is -2.20. The minimum Gasteiger partial charge on any atom is -0.479 e. The number of benzene rings is 1. The Morgan fingerprint density at radius 3 is 3.07 bits per heavy atom. The van der Waals surface area contributed by atoms with Crippen LogP contribution < -0.4 is 15.5 Å². The van der Waals surface area contributed by atoms with Gasteiger partial charge in [0.2, 0.25) is 0 Å². The SMILES string of the molecule is O=C1COc2c(NO)cc(Cl)cc2N1. The fourth-order valence-corrected chi connectivity index (χ4v) is 1.47. The molecule has 0 saturated heterocycles. The van der Waals surface area contributed by atoms with Gasteiger partial charge in [-0.15, -0.1) is 0 Å². The van der Waals surface area contributed by atoms with Crippen molar-refractivity contribution in [3.8, 4) is 5.75 Å². The Balaban J connectivity index is 2.51. The number of rotatable bonds is 1. The van der Waals surface area contributed by atoms with Crippen molar-refractivity contribution in [1.82, 2.24) is 0 Å². The second-order valence-corrected chi connectivity index (χ2v) is 3.22. The van der Waals surface area contributed by atoms with Gasteiger partial charge in [-0.25, -0.2) is 0 Å². The molecular weight excluding hydrogens is 208 g/mol. The number of amides is 1. The maximum absolute atomic E-state index is 11.0. The summed E-state index contributed by atoms with van der Waals surface area (Å²) in [5.41, 5.74) is 2.73. The third kappa shape index (κ3) is 1.47. The molecule has 1 aliphatic rings. The topological polar surface area (TPSA) is 70.6 Å². The molecule has 1 amide bonds. The second kappa shape index (κ2) is 3.36. The minimum atomic E-state index is -0.247. The molecule has 0 saturated carbocycles. The molecule has 74 valence electrons. The standard InChI is InChI=1S/C8H7ClN2O3/c9-4-1-5-8(6(2-4)11-13)14-3-7(12)10-5/h1-2,11,13H,3H2,(H,10,12). The monoisotopic (exact) mass is 214 g/mol. The number of nitrogens with one attached hydrogen (secondary N) is 2. The third-order valence-corrected chi connectivity index (χ3v) is 2.01. The van der Waals surface area contributed by atoms with E-state index in [9.17, 15) is 4.79 Å². The van der Waals surface area contributed by atoms with Gasteiger partial charge in [0.1, 0.15) is 5.69 Å². The van der Waals surface area contributed by atoms with Crippen LogP contribution in [0.3, 0.4) is 0 Å². The maximum Gasteiger partial charge on any atom is 0.262 e. The Morgan fingerprint density at radius 2 is 2.36 bits per heavy atom. The van der Waals surface area contributed by atoms with Gasteiger partial charge in [0, 0.05) is 5.02 Å². The Bertz CT molecular complexity index is 394. The van der Waals surface area contributed by atoms with Gasteiger partial charge in [-0.2, -0.15) is 0 Å². The fraction of sp³-hybridized carbons (Fsp3) is 0.125. The summed E-state index contributed by atoms with van der Waals surface area (Å²) < 4.78 is 5.12. The maximum atomic E-state index is 11.0. The zero-order valence-electron chi connectivity index (χ0n) is 7.00. The number of carbonyl (C=O) groups excluding carboxylic acids is 1. The lowest BCUT2D eigenvalue weighted by atomic mass is 10.2. The van der Waals surface area contributed by atoms with E-state index in [1.54, 1.807) is 6.07 Å². The fourth-order valence-electron chi connectivity index (χ4n) is 1.25. The van der Waals surface area contributed by atoms with E-state index < -0.39 is 0 Å². The Morgan fingerprint density at radius 1 is 1.57 bits per heavy atom. The van der Waals surface area contributed by atoms with E-state index in [2.05, 4.69) is 5.32 Å². The van der Waals surface area contributed by atoms with Crippen molar-refractivity contribution in [2.24, 2.45) is 0 Å². The van der Waals surface area contributed by atoms with Crippen LogP contribution in [0.15, 0.2) is 12.1 Å². The van der Waals surface area contributed by atoms with Crippen molar-refractivity contribution >= 4 is 28.9 Å². The summed E-state index contributed by atoms with van der Waals surface area (Å²) in [5, 5.41) is 11.8. The predicted octanol–water partition coefficient (Wildman–Crippen LogP) is 1.47. The average molecular weight is 215 g/mol. The molecule has 6 heteroatoms. The van der Waals surface area contributed by atoms with E-state index >= 15 is 0 Å². The van der Waals surface area contributed by atoms with Crippen LogP contribution >= 0.6 is 11.6 Å². The molecule has 0 fully saturated rings. The van der Waals surface area contributed by atoms with Crippen molar-refractivity contribution in [3.63, 3.8) is 0 Å². The van der Waals surface area contributed by atoms with Crippen molar-refractivity contribution in [1.29, 1.82) is 0 Å². The average Bonchev–Trinajstić information content (AvgIpc) is 2.15. The molecule has 0 radical (unpaired) electrons. The largest absolute Gasteiger partial charge is 0.479 e. The number of carbonyl (C=O) groups is 1. The van der Waals surface area contributed by atoms with Crippen LogP contribution in [-0.4, -0.2) is 17.7 Å². The minimum absolute atomic E-state index is 0.0662. The van der Waals surface area contributed by atoms with E-state index in [0.717, 1.165) is 0 Å². The second-order valence-electron chi connectivity index (χ2n) is 2.78. The zero-order chi connectivity index (χ0) is 10.1. The smallest absolute Gasteiger partial charge is 0.262 e. The normalized spacial score (nSPS) is 14.0. The van der Waals surface area contributed by atoms with Gasteiger partial charge in [-0.1, -0.05) is 11.6 Å². The summed E-state index contributed by atoms with van der Waals surface area (Å²) in [7, 11) is 0. The molecule has 0 aliphatic carbocycles. The molecule has 0 aromatic heterocycles. The van der Waals surface area contributed by atoms with Crippen molar-refractivity contribution in [2.45, 2.75) is 0 Å². The summed E-state index contributed by atoms with van der Waals surface area (Å²) >= 11 is 5.75. The van der Waals surface area contributed by atoms with Gasteiger partial charge in [0.15, 0.2) is 12.4 Å². The zero-order valence-corrected chi connectivity index (χ0v) is 7.76. The number of ether oxygens (including phenoxy) is 1. The third-order valence-electron chi connectivity index (χ3n) is 1.80. The highest BCUT2D eigenvalue weighted by atomic mass is 35.5. The van der Waals surface area contributed by atoms with Gasteiger partial charge in [-0.3, -0.25) is 15.5 Å². The van der Waals surface area contributed by atoms with Crippen molar-refractivity contribution < 1.29 is 14.7 Å². The van der Waals surface area contributed by atoms with Gasteiger partial charge < -0.3 is 10.1 Å². The Hall–Kier alpha value is -1.46. The quantitative estimate of drug-likeness (QED) is 0.619. The molecule has 14 heavy (non-hydrogen) atoms. The molecule has 0 spiro atoms. The molecule has 1 aromatic rings. The van der Waals surface area contributed by atoms with Crippen molar-refractivity contribution in [2.75, 3.05) is 17.4 Å². The number of halogens is 1. The summed E-state index contributed by atoms with van der Waals surface area (Å²) in [6.07, 6.45) is 0. The molecule has 0 atom stereocenters. The first kappa shape index (κ1) is 9.11. The van der Waals surface area contributed by atoms with Crippen LogP contribution in [0.25, 0.3) is 0 Å². The lowest BCUT2D eigenvalue weighted by Crippen LogP contribution is -2.25. The van der Waals surface area contributed by atoms with Gasteiger partial charge >= 0.3 is 0 Å². The molecule has 1 aliphatic heterocycles. The van der Waals surface area contributed by atoms with E-state index in [1.165, 1.54) is 6.07 Å². The number of hydrogen-bond donors (Lipinski definition) is 3. The van der Waals surface area contributed by atoms with Gasteiger partial charge in [0.05, 0.1) is 5.69 Å². The summed E-state index contributed by atoms with van der Waals surface area (Å²) in [6.45, 7) is -0.0662. The number of anilines is 2. The Labute approximate surface area is 84.6 Å². The predicted molar refractivity (Wildman–Crippen MR) is 51.0 cm³/mol. The highest BCUT2D eigenvalue weighted by Gasteiger charge is 2.19. The molecule has 1 aromatic carbocycles. The molecule has 3 N–H and O–H groups in total. The van der Waals surface area contributed by atoms with Gasteiger partial charge in [-0.05, 0) is 12.1 Å². The van der Waals surface area contributed by atoms with E-state index in [-0.39, 0.29) is 12.5 Å². The molecule has 0 bridgehead atoms. The van der Waals surface area contributed by atoms with Gasteiger partial charge in [0.25, 0.3) is 5.91 Å². The van der Waals surface area contributed by atoms with Crippen LogP contribution in [0.2, 0.25) is 5.02 Å². The van der Waals surface area contributed by atoms with Crippen LogP contribution in [0.4, 0.5) is 11.4 Å². The van der Waals surface area contributed by atoms with E-state index in [4.69, 9.17) is 21.5 Å². The highest BCUT2D eigenvalue weighted by molar-refractivity contribution is 6.31. The first-order valence-corrected chi connectivity index (χ1v) is 4.25. The molecule has 2 rings (SSSR count). The number of hydrogen-bond acceptors (Lipinski definition) is 4. The molecule has 1 heterocycles. The van der Waals surface area contributed by atoms with Crippen LogP contribution in [0.5, 0.6) is 5.75 Å². The number of fused-ring (bicyclic) bond motifs is 1. The van der Waals surface area contributed by atoms with Crippen LogP contribution in [0, 0.1) is 0 Å². The molecule has 5 nitrogen and oxygen atoms in total. The van der Waals surface area contributed by atoms with Crippen molar-refractivity contribution in [3.05, 3.63) is 17.2 Å². The summed E-state index contributed by atoms with van der Waals surface area (Å²) in [4.78, 5) is 11.0. The summed E-state index contributed by atoms with van der Waals surface area (Å²) in [6, 6.07) is 3.05. The first-order chi connectivity index (χ1) is 6.70. The van der Waals surface area contributed by atoms with E-state index in [1.807, 2.05) is 5.48 Å². The van der Waals surface area contributed by atoms with E-state index in [0.29, 0.717) is 22.1 Å². The first-order valence-electron chi connectivity index (χ1n) is 3.87. The van der Waals surface area contributed by atoms with Crippen LogP contribution in [0.1, 0.15) is 0 Å². The Kier molecular flexibility index (Phi) is 2.18. The van der Waals surface area contributed by atoms with Crippen LogP contribution in [-0.2, 0) is 4.79 Å².